The van der Waals surface area contributed by atoms with E-state index >= 15 is 0 Å². The van der Waals surface area contributed by atoms with E-state index in [1.54, 1.807) is 32.9 Å². The highest BCUT2D eigenvalue weighted by molar-refractivity contribution is 7.66. The average molecular weight is 463 g/mol. The van der Waals surface area contributed by atoms with Crippen LogP contribution in [-0.2, 0) is 16.9 Å². The molecule has 0 saturated heterocycles. The van der Waals surface area contributed by atoms with Crippen molar-refractivity contribution in [2.45, 2.75) is 45.7 Å². The highest BCUT2D eigenvalue weighted by atomic mass is 31.1. The Hall–Kier alpha value is -2.54. The Balaban J connectivity index is 2.58. The van der Waals surface area contributed by atoms with Crippen LogP contribution in [0, 0.1) is 20.8 Å². The SMILES string of the molecule is Cc1cc(C)c(C(=O)[P](=O)C(C)C(=O)c2c(C(F)(F)F)cccc2C(F)(F)F)c(C)c1. The van der Waals surface area contributed by atoms with Gasteiger partial charge in [-0.2, -0.15) is 26.3 Å². The molecule has 0 saturated carbocycles. The van der Waals surface area contributed by atoms with Crippen LogP contribution in [0.2, 0.25) is 0 Å². The van der Waals surface area contributed by atoms with Crippen molar-refractivity contribution in [2.24, 2.45) is 0 Å². The average Bonchev–Trinajstić information content (AvgIpc) is 2.63. The van der Waals surface area contributed by atoms with E-state index < -0.39 is 53.8 Å². The van der Waals surface area contributed by atoms with E-state index in [4.69, 9.17) is 0 Å². The largest absolute Gasteiger partial charge is 0.417 e. The first-order valence-corrected chi connectivity index (χ1v) is 10.3. The van der Waals surface area contributed by atoms with Crippen LogP contribution in [0.15, 0.2) is 30.3 Å². The summed E-state index contributed by atoms with van der Waals surface area (Å²) >= 11 is 0. The van der Waals surface area contributed by atoms with Crippen LogP contribution in [-0.4, -0.2) is 17.0 Å². The van der Waals surface area contributed by atoms with E-state index in [1.807, 2.05) is 0 Å². The number of aryl methyl sites for hydroxylation is 3. The van der Waals surface area contributed by atoms with E-state index in [-0.39, 0.29) is 5.56 Å². The van der Waals surface area contributed by atoms with Gasteiger partial charge in [0, 0.05) is 11.1 Å². The second kappa shape index (κ2) is 8.54. The summed E-state index contributed by atoms with van der Waals surface area (Å²) in [4.78, 5) is 25.5. The van der Waals surface area contributed by atoms with Crippen molar-refractivity contribution in [3.05, 3.63) is 69.3 Å². The van der Waals surface area contributed by atoms with Gasteiger partial charge in [0.05, 0.1) is 16.8 Å². The molecule has 0 aliphatic heterocycles. The lowest BCUT2D eigenvalue weighted by atomic mass is 9.95. The lowest BCUT2D eigenvalue weighted by Crippen LogP contribution is -2.25. The zero-order valence-electron chi connectivity index (χ0n) is 16.9. The van der Waals surface area contributed by atoms with Crippen molar-refractivity contribution in [2.75, 3.05) is 0 Å². The van der Waals surface area contributed by atoms with E-state index in [1.165, 1.54) is 0 Å². The number of carbonyl (C=O) groups excluding carboxylic acids is 2. The number of halogens is 6. The molecule has 0 spiro atoms. The Morgan fingerprint density at radius 2 is 1.26 bits per heavy atom. The molecule has 0 amide bonds. The van der Waals surface area contributed by atoms with Crippen molar-refractivity contribution >= 4 is 19.1 Å². The van der Waals surface area contributed by atoms with E-state index in [0.717, 1.165) is 12.5 Å². The molecule has 0 aliphatic carbocycles. The molecule has 0 fully saturated rings. The summed E-state index contributed by atoms with van der Waals surface area (Å²) in [7, 11) is -3.15. The van der Waals surface area contributed by atoms with Gasteiger partial charge in [-0.3, -0.25) is 14.2 Å². The molecule has 1 radical (unpaired) electrons. The first-order valence-electron chi connectivity index (χ1n) is 8.97. The number of rotatable bonds is 5. The van der Waals surface area contributed by atoms with E-state index in [2.05, 4.69) is 0 Å². The number of ketones is 1. The topological polar surface area (TPSA) is 51.2 Å². The first-order chi connectivity index (χ1) is 14.1. The molecule has 0 N–H and O–H groups in total. The highest BCUT2D eigenvalue weighted by Gasteiger charge is 2.44. The second-order valence-electron chi connectivity index (χ2n) is 7.17. The van der Waals surface area contributed by atoms with Crippen LogP contribution in [0.5, 0.6) is 0 Å². The molecule has 0 heterocycles. The van der Waals surface area contributed by atoms with Gasteiger partial charge in [-0.25, -0.2) is 0 Å². The number of hydrogen-bond acceptors (Lipinski definition) is 3. The standard InChI is InChI=1S/C21H18F6O3P/c1-10-8-11(2)16(12(3)9-10)19(29)31(30)13(4)18(28)17-14(20(22,23)24)6-5-7-15(17)21(25,26)27/h5-9,13H,1-4H3. The van der Waals surface area contributed by atoms with Gasteiger partial charge in [0.15, 0.2) is 13.6 Å². The molecular formula is C21H18F6O3P. The van der Waals surface area contributed by atoms with Crippen molar-refractivity contribution in [3.8, 4) is 0 Å². The molecule has 0 bridgehead atoms. The summed E-state index contributed by atoms with van der Waals surface area (Å²) in [5, 5.41) is 0. The number of Topliss-reactive ketones (excluding diaryl/α,β-unsaturated/α-hetero) is 1. The van der Waals surface area contributed by atoms with Crippen LogP contribution in [0.4, 0.5) is 26.3 Å². The van der Waals surface area contributed by atoms with Gasteiger partial charge in [-0.15, -0.1) is 0 Å². The monoisotopic (exact) mass is 463 g/mol. The minimum Gasteiger partial charge on any atom is -0.293 e. The lowest BCUT2D eigenvalue weighted by molar-refractivity contribution is -0.143. The molecule has 31 heavy (non-hydrogen) atoms. The molecule has 2 aromatic rings. The maximum absolute atomic E-state index is 13.3. The van der Waals surface area contributed by atoms with Crippen LogP contribution in [0.3, 0.4) is 0 Å². The molecule has 2 aromatic carbocycles. The Labute approximate surface area is 175 Å². The Bertz CT molecular complexity index is 1010. The maximum atomic E-state index is 13.3. The van der Waals surface area contributed by atoms with Gasteiger partial charge in [0.25, 0.3) is 0 Å². The van der Waals surface area contributed by atoms with Gasteiger partial charge in [-0.1, -0.05) is 23.8 Å². The van der Waals surface area contributed by atoms with Crippen LogP contribution in [0.1, 0.15) is 55.5 Å². The predicted molar refractivity (Wildman–Crippen MR) is 103 cm³/mol. The normalized spacial score (nSPS) is 13.7. The Morgan fingerprint density at radius 3 is 1.65 bits per heavy atom. The fourth-order valence-corrected chi connectivity index (χ4v) is 4.68. The quantitative estimate of drug-likeness (QED) is 0.276. The second-order valence-corrected chi connectivity index (χ2v) is 9.00. The van der Waals surface area contributed by atoms with Crippen molar-refractivity contribution in [3.63, 3.8) is 0 Å². The van der Waals surface area contributed by atoms with E-state index in [9.17, 15) is 40.5 Å². The molecule has 167 valence electrons. The molecule has 3 nitrogen and oxygen atoms in total. The third-order valence-electron chi connectivity index (χ3n) is 4.74. The molecule has 0 aromatic heterocycles. The summed E-state index contributed by atoms with van der Waals surface area (Å²) in [6, 6.07) is 4.47. The van der Waals surface area contributed by atoms with Crippen molar-refractivity contribution in [1.29, 1.82) is 0 Å². The minimum atomic E-state index is -5.26. The van der Waals surface area contributed by atoms with Gasteiger partial charge in [0.1, 0.15) is 0 Å². The van der Waals surface area contributed by atoms with Gasteiger partial charge >= 0.3 is 12.4 Å². The summed E-state index contributed by atoms with van der Waals surface area (Å²) in [5.74, 6) is -1.66. The van der Waals surface area contributed by atoms with Crippen LogP contribution in [0.25, 0.3) is 0 Å². The molecule has 2 atom stereocenters. The summed E-state index contributed by atoms with van der Waals surface area (Å²) in [6.45, 7) is 5.77. The van der Waals surface area contributed by atoms with Crippen LogP contribution >= 0.6 is 7.80 Å². The van der Waals surface area contributed by atoms with E-state index in [0.29, 0.717) is 29.3 Å². The Morgan fingerprint density at radius 1 is 0.839 bits per heavy atom. The Kier molecular flexibility index (Phi) is 6.81. The van der Waals surface area contributed by atoms with Gasteiger partial charge < -0.3 is 0 Å². The molecule has 2 unspecified atom stereocenters. The number of benzene rings is 2. The minimum absolute atomic E-state index is 0.0338. The number of carbonyl (C=O) groups is 2. The summed E-state index contributed by atoms with van der Waals surface area (Å²) in [6.07, 6.45) is -10.5. The zero-order chi connectivity index (χ0) is 23.9. The third-order valence-corrected chi connectivity index (χ3v) is 6.31. The molecule has 0 aliphatic rings. The zero-order valence-corrected chi connectivity index (χ0v) is 17.8. The fourth-order valence-electron chi connectivity index (χ4n) is 3.41. The first kappa shape index (κ1) is 24.7. The number of hydrogen-bond donors (Lipinski definition) is 0. The summed E-state index contributed by atoms with van der Waals surface area (Å²) in [5.41, 5.74) is -6.39. The third kappa shape index (κ3) is 5.03. The summed E-state index contributed by atoms with van der Waals surface area (Å²) < 4.78 is 92.9. The van der Waals surface area contributed by atoms with Crippen molar-refractivity contribution < 1.29 is 40.5 Å². The maximum Gasteiger partial charge on any atom is 0.417 e. The molecule has 10 heteroatoms. The van der Waals surface area contributed by atoms with Gasteiger partial charge in [0.2, 0.25) is 5.52 Å². The fraction of sp³-hybridized carbons (Fsp3) is 0.333. The van der Waals surface area contributed by atoms with Crippen LogP contribution < -0.4 is 0 Å². The molecule has 2 rings (SSSR count). The smallest absolute Gasteiger partial charge is 0.293 e. The predicted octanol–water partition coefficient (Wildman–Crippen LogP) is 6.89. The highest BCUT2D eigenvalue weighted by Crippen LogP contribution is 2.43. The van der Waals surface area contributed by atoms with Gasteiger partial charge in [-0.05, 0) is 51.0 Å². The number of alkyl halides is 6. The molecular weight excluding hydrogens is 445 g/mol. The lowest BCUT2D eigenvalue weighted by Gasteiger charge is -2.20. The van der Waals surface area contributed by atoms with Crippen molar-refractivity contribution in [1.82, 2.24) is 0 Å².